The van der Waals surface area contributed by atoms with Crippen molar-refractivity contribution in [3.05, 3.63) is 35.2 Å². The van der Waals surface area contributed by atoms with Crippen LogP contribution in [0.4, 0.5) is 0 Å². The van der Waals surface area contributed by atoms with Gasteiger partial charge in [0.2, 0.25) is 0 Å². The predicted molar refractivity (Wildman–Crippen MR) is 116 cm³/mol. The summed E-state index contributed by atoms with van der Waals surface area (Å²) in [5.74, 6) is -1.21. The molecular formula is C20H29N4O6P. The van der Waals surface area contributed by atoms with E-state index in [2.05, 4.69) is 15.0 Å². The highest BCUT2D eigenvalue weighted by molar-refractivity contribution is 7.45. The molecule has 11 heteroatoms. The Morgan fingerprint density at radius 3 is 2.23 bits per heavy atom. The van der Waals surface area contributed by atoms with Gasteiger partial charge in [-0.05, 0) is 41.5 Å². The van der Waals surface area contributed by atoms with E-state index in [1.54, 1.807) is 58.3 Å². The van der Waals surface area contributed by atoms with Gasteiger partial charge in [0.25, 0.3) is 6.03 Å². The number of allylic oxidation sites excluding steroid dienone is 2. The third-order valence-electron chi connectivity index (χ3n) is 4.13. The Balaban J connectivity index is 2.07. The number of ether oxygens (including phenoxy) is 2. The number of aromatic amines is 1. The minimum atomic E-state index is -2.64. The van der Waals surface area contributed by atoms with Crippen LogP contribution in [0.3, 0.4) is 0 Å². The van der Waals surface area contributed by atoms with Gasteiger partial charge in [0.05, 0.1) is 23.5 Å². The lowest BCUT2D eigenvalue weighted by molar-refractivity contribution is -0.184. The number of esters is 2. The van der Waals surface area contributed by atoms with Crippen molar-refractivity contribution in [1.82, 2.24) is 19.5 Å². The maximum absolute atomic E-state index is 12.8. The van der Waals surface area contributed by atoms with Gasteiger partial charge in [0.15, 0.2) is 13.3 Å². The molecule has 1 unspecified atom stereocenters. The van der Waals surface area contributed by atoms with Crippen molar-refractivity contribution >= 4 is 30.9 Å². The first-order valence-electron chi connectivity index (χ1n) is 9.79. The molecule has 10 nitrogen and oxygen atoms in total. The zero-order valence-corrected chi connectivity index (χ0v) is 19.6. The van der Waals surface area contributed by atoms with Crippen LogP contribution in [0.2, 0.25) is 0 Å². The highest BCUT2D eigenvalue weighted by Crippen LogP contribution is 2.34. The van der Waals surface area contributed by atoms with Gasteiger partial charge in [-0.25, -0.2) is 4.98 Å². The summed E-state index contributed by atoms with van der Waals surface area (Å²) < 4.78 is 25.0. The molecule has 0 saturated carbocycles. The van der Waals surface area contributed by atoms with E-state index in [1.807, 2.05) is 0 Å². The fraction of sp³-hybridized carbons (Fsp3) is 0.550. The molecule has 2 rings (SSSR count). The normalized spacial score (nSPS) is 13.6. The highest BCUT2D eigenvalue weighted by atomic mass is 31.1. The summed E-state index contributed by atoms with van der Waals surface area (Å²) in [4.78, 5) is 46.7. The van der Waals surface area contributed by atoms with E-state index >= 15 is 0 Å². The number of imidazole rings is 1. The van der Waals surface area contributed by atoms with Crippen LogP contribution in [0.15, 0.2) is 29.6 Å². The summed E-state index contributed by atoms with van der Waals surface area (Å²) in [6.45, 7) is 10.3. The number of nitrogens with zero attached hydrogens (tertiary/aromatic N) is 3. The molecule has 170 valence electrons. The van der Waals surface area contributed by atoms with Crippen molar-refractivity contribution < 1.29 is 23.6 Å². The van der Waals surface area contributed by atoms with E-state index in [1.165, 1.54) is 12.7 Å². The van der Waals surface area contributed by atoms with Gasteiger partial charge in [-0.15, -0.1) is 0 Å². The average Bonchev–Trinajstić information content (AvgIpc) is 3.07. The second-order valence-corrected chi connectivity index (χ2v) is 10.9. The van der Waals surface area contributed by atoms with E-state index in [0.717, 1.165) is 0 Å². The van der Waals surface area contributed by atoms with Crippen LogP contribution in [0, 0.1) is 10.8 Å². The molecule has 31 heavy (non-hydrogen) atoms. The van der Waals surface area contributed by atoms with Gasteiger partial charge in [-0.2, -0.15) is 4.98 Å². The Labute approximate surface area is 180 Å². The van der Waals surface area contributed by atoms with Gasteiger partial charge in [-0.3, -0.25) is 14.4 Å². The number of fused-ring (bicyclic) bond motifs is 1. The predicted octanol–water partition coefficient (Wildman–Crippen LogP) is 2.70. The molecule has 0 aliphatic heterocycles. The summed E-state index contributed by atoms with van der Waals surface area (Å²) in [7, 11) is -2.64. The molecule has 0 saturated heterocycles. The molecule has 0 amide bonds. The molecule has 0 bridgehead atoms. The summed E-state index contributed by atoms with van der Waals surface area (Å²) in [6, 6.07) is -1.44. The van der Waals surface area contributed by atoms with E-state index in [9.17, 15) is 18.9 Å². The molecule has 0 fully saturated rings. The van der Waals surface area contributed by atoms with E-state index < -0.39 is 42.2 Å². The lowest BCUT2D eigenvalue weighted by Crippen LogP contribution is -2.33. The van der Waals surface area contributed by atoms with E-state index in [-0.39, 0.29) is 11.7 Å². The van der Waals surface area contributed by atoms with Crippen LogP contribution >= 0.6 is 7.80 Å². The fourth-order valence-electron chi connectivity index (χ4n) is 2.23. The molecule has 1 N–H and O–H groups in total. The Kier molecular flexibility index (Phi) is 7.59. The molecule has 2 aromatic heterocycles. The van der Waals surface area contributed by atoms with Crippen LogP contribution in [0.25, 0.3) is 11.2 Å². The number of carbonyl (C=O) groups excluding carboxylic acids is 2. The molecule has 0 spiro atoms. The van der Waals surface area contributed by atoms with Crippen LogP contribution in [0.5, 0.6) is 0 Å². The van der Waals surface area contributed by atoms with Crippen molar-refractivity contribution in [3.8, 4) is 0 Å². The zero-order valence-electron chi connectivity index (χ0n) is 18.6. The van der Waals surface area contributed by atoms with Crippen molar-refractivity contribution in [2.24, 2.45) is 10.8 Å². The minimum Gasteiger partial charge on any atom is -0.418 e. The van der Waals surface area contributed by atoms with Crippen molar-refractivity contribution in [2.45, 2.75) is 54.1 Å². The monoisotopic (exact) mass is 452 g/mol. The second kappa shape index (κ2) is 9.60. The van der Waals surface area contributed by atoms with Crippen LogP contribution in [-0.4, -0.2) is 43.7 Å². The number of hydrogen-bond donors (Lipinski definition) is 1. The Bertz CT molecular complexity index is 1030. The topological polar surface area (TPSA) is 133 Å². The van der Waals surface area contributed by atoms with Gasteiger partial charge in [0, 0.05) is 12.7 Å². The smallest absolute Gasteiger partial charge is 0.314 e. The molecule has 0 radical (unpaired) electrons. The van der Waals surface area contributed by atoms with Crippen LogP contribution < -0.4 is 5.56 Å². The SMILES string of the molecule is CC(C)(C)C(=O)OC(OC(=O)C(C)(C)C)[PH](=O)C/C=C/Cn1cnc2c(=O)nc[nH]c21. The highest BCUT2D eigenvalue weighted by Gasteiger charge is 2.34. The third kappa shape index (κ3) is 6.62. The largest absolute Gasteiger partial charge is 0.418 e. The lowest BCUT2D eigenvalue weighted by Gasteiger charge is -2.25. The Morgan fingerprint density at radius 2 is 1.68 bits per heavy atom. The van der Waals surface area contributed by atoms with Gasteiger partial charge in [-0.1, -0.05) is 12.2 Å². The molecule has 0 aliphatic rings. The van der Waals surface area contributed by atoms with Gasteiger partial charge < -0.3 is 23.6 Å². The average molecular weight is 452 g/mol. The lowest BCUT2D eigenvalue weighted by atomic mass is 9.97. The molecule has 0 aromatic carbocycles. The van der Waals surface area contributed by atoms with E-state index in [0.29, 0.717) is 12.2 Å². The quantitative estimate of drug-likeness (QED) is 0.293. The number of H-pyrrole nitrogens is 1. The Hall–Kier alpha value is -2.74. The first-order chi connectivity index (χ1) is 14.3. The first kappa shape index (κ1) is 24.5. The van der Waals surface area contributed by atoms with Crippen molar-refractivity contribution in [2.75, 3.05) is 6.16 Å². The molecule has 1 atom stereocenters. The van der Waals surface area contributed by atoms with E-state index in [4.69, 9.17) is 9.47 Å². The second-order valence-electron chi connectivity index (χ2n) is 9.09. The molecule has 2 heterocycles. The maximum atomic E-state index is 12.8. The van der Waals surface area contributed by atoms with Crippen molar-refractivity contribution in [1.29, 1.82) is 0 Å². The van der Waals surface area contributed by atoms with Gasteiger partial charge >= 0.3 is 17.5 Å². The van der Waals surface area contributed by atoms with Gasteiger partial charge in [0.1, 0.15) is 5.65 Å². The maximum Gasteiger partial charge on any atom is 0.314 e. The summed E-state index contributed by atoms with van der Waals surface area (Å²) in [5.41, 5.74) is -1.34. The number of hydrogen-bond acceptors (Lipinski definition) is 8. The zero-order chi connectivity index (χ0) is 23.4. The van der Waals surface area contributed by atoms with Crippen LogP contribution in [-0.2, 0) is 30.2 Å². The summed E-state index contributed by atoms with van der Waals surface area (Å²) in [5, 5.41) is 0. The van der Waals surface area contributed by atoms with Crippen molar-refractivity contribution in [3.63, 3.8) is 0 Å². The third-order valence-corrected chi connectivity index (χ3v) is 5.53. The molecule has 0 aliphatic carbocycles. The van der Waals surface area contributed by atoms with Crippen LogP contribution in [0.1, 0.15) is 41.5 Å². The summed E-state index contributed by atoms with van der Waals surface area (Å²) in [6.07, 6.45) is 6.24. The number of nitrogens with one attached hydrogen (secondary N) is 1. The minimum absolute atomic E-state index is 0.0644. The fourth-order valence-corrected chi connectivity index (χ4v) is 3.30. The number of carbonyl (C=O) groups is 2. The standard InChI is InChI=1S/C20H29N4O6P/c1-19(2,3)16(26)29-18(30-17(27)20(4,5)6)31(28)10-8-7-9-24-12-23-13-14(24)21-11-22-15(13)25/h7-8,11-12,18,31H,9-10H2,1-6H3,(H,21,22,25)/b8-7+. The Morgan fingerprint density at radius 1 is 1.10 bits per heavy atom. The number of aromatic nitrogens is 4. The molecule has 2 aromatic rings. The number of rotatable bonds is 7. The first-order valence-corrected chi connectivity index (χ1v) is 11.5. The summed E-state index contributed by atoms with van der Waals surface area (Å²) >= 11 is 0. The molecular weight excluding hydrogens is 423 g/mol.